The maximum atomic E-state index is 9.24. The number of carboxylic acids is 1. The second kappa shape index (κ2) is 9.54. The molecule has 0 amide bonds. The lowest BCUT2D eigenvalue weighted by molar-refractivity contribution is -0.135. The van der Waals surface area contributed by atoms with Crippen molar-refractivity contribution >= 4 is 35.7 Å². The normalized spacial score (nSPS) is 5.29. The van der Waals surface area contributed by atoms with Crippen LogP contribution in [0.15, 0.2) is 0 Å². The fourth-order valence-electron chi connectivity index (χ4n) is 0. The summed E-state index contributed by atoms with van der Waals surface area (Å²) >= 11 is 0. The highest BCUT2D eigenvalue weighted by Gasteiger charge is 1.81. The van der Waals surface area contributed by atoms with Crippen molar-refractivity contribution < 1.29 is 9.90 Å². The van der Waals surface area contributed by atoms with Crippen molar-refractivity contribution in [2.75, 3.05) is 6.54 Å². The summed E-state index contributed by atoms with van der Waals surface area (Å²) < 4.78 is 0. The lowest BCUT2D eigenvalue weighted by Crippen LogP contribution is -2.10. The Morgan fingerprint density at radius 1 is 1.71 bits per heavy atom. The van der Waals surface area contributed by atoms with Crippen LogP contribution >= 0.6 is 12.4 Å². The molecule has 0 spiro atoms. The largest absolute Gasteiger partial charge is 0.480 e. The highest BCUT2D eigenvalue weighted by molar-refractivity contribution is 5.85. The first kappa shape index (κ1) is 15.7. The molecule has 0 heterocycles. The van der Waals surface area contributed by atoms with Gasteiger partial charge in [-0.1, -0.05) is 0 Å². The summed E-state index contributed by atoms with van der Waals surface area (Å²) in [7, 11) is 0. The lowest BCUT2D eigenvalue weighted by Gasteiger charge is -1.73. The number of hydrogen-bond acceptors (Lipinski definition) is 2. The average molecular weight is 142 g/mol. The van der Waals surface area contributed by atoms with Crippen LogP contribution in [0.1, 0.15) is 0 Å². The Morgan fingerprint density at radius 3 is 1.86 bits per heavy atom. The molecule has 0 aromatic carbocycles. The zero-order valence-corrected chi connectivity index (χ0v) is 3.86. The van der Waals surface area contributed by atoms with Crippen molar-refractivity contribution in [3.8, 4) is 0 Å². The summed E-state index contributed by atoms with van der Waals surface area (Å²) in [4.78, 5) is 9.24. The van der Waals surface area contributed by atoms with E-state index in [2.05, 4.69) is 5.73 Å². The summed E-state index contributed by atoms with van der Waals surface area (Å²) in [6, 6.07) is 0. The highest BCUT2D eigenvalue weighted by Crippen LogP contribution is 1.43. The van der Waals surface area contributed by atoms with Crippen LogP contribution in [0.5, 0.6) is 0 Å². The minimum Gasteiger partial charge on any atom is -0.480 e. The highest BCUT2D eigenvalue weighted by atomic mass is 35.5. The lowest BCUT2D eigenvalue weighted by atomic mass is 10.7. The third kappa shape index (κ3) is 22.3. The van der Waals surface area contributed by atoms with Crippen LogP contribution < -0.4 is 5.73 Å². The SMILES string of the molecule is Cl.NCC(=O)O.[AlH3]. The molecule has 0 radical (unpaired) electrons. The van der Waals surface area contributed by atoms with Gasteiger partial charge in [0.15, 0.2) is 17.4 Å². The zero-order chi connectivity index (χ0) is 4.28. The zero-order valence-electron chi connectivity index (χ0n) is 3.05. The third-order valence-electron chi connectivity index (χ3n) is 0.175. The topological polar surface area (TPSA) is 63.3 Å². The van der Waals surface area contributed by atoms with Crippen LogP contribution in [-0.2, 0) is 4.79 Å². The summed E-state index contributed by atoms with van der Waals surface area (Å²) in [5.41, 5.74) is 4.57. The van der Waals surface area contributed by atoms with Gasteiger partial charge < -0.3 is 10.8 Å². The van der Waals surface area contributed by atoms with Gasteiger partial charge in [-0.2, -0.15) is 0 Å². The standard InChI is InChI=1S/C2H5NO2.Al.ClH.3H/c3-1-2(4)5;;;;;/h1,3H2,(H,4,5);;1H;;;. The molecule has 0 atom stereocenters. The first-order valence-electron chi connectivity index (χ1n) is 1.19. The van der Waals surface area contributed by atoms with Crippen molar-refractivity contribution in [2.45, 2.75) is 0 Å². The van der Waals surface area contributed by atoms with E-state index in [1.165, 1.54) is 0 Å². The van der Waals surface area contributed by atoms with Crippen molar-refractivity contribution in [3.05, 3.63) is 0 Å². The monoisotopic (exact) mass is 141 g/mol. The number of aliphatic carboxylic acids is 1. The Balaban J connectivity index is -0.0000000800. The molecular weight excluding hydrogens is 132 g/mol. The minimum atomic E-state index is -0.968. The molecule has 0 aromatic rings. The first-order valence-corrected chi connectivity index (χ1v) is 1.19. The van der Waals surface area contributed by atoms with Gasteiger partial charge in [-0.3, -0.25) is 4.79 Å². The molecule has 0 fully saturated rings. The van der Waals surface area contributed by atoms with Gasteiger partial charge in [-0.25, -0.2) is 0 Å². The minimum absolute atomic E-state index is 0. The van der Waals surface area contributed by atoms with Crippen molar-refractivity contribution in [1.29, 1.82) is 0 Å². The molecule has 7 heavy (non-hydrogen) atoms. The number of hydrogen-bond donors (Lipinski definition) is 2. The fourth-order valence-corrected chi connectivity index (χ4v) is 0. The van der Waals surface area contributed by atoms with Crippen LogP contribution in [-0.4, -0.2) is 35.0 Å². The van der Waals surface area contributed by atoms with E-state index in [1.807, 2.05) is 0 Å². The smallest absolute Gasteiger partial charge is 0.317 e. The molecule has 3 nitrogen and oxygen atoms in total. The number of nitrogens with two attached hydrogens (primary N) is 1. The second-order valence-corrected chi connectivity index (χ2v) is 0.598. The van der Waals surface area contributed by atoms with Crippen LogP contribution in [0.25, 0.3) is 0 Å². The van der Waals surface area contributed by atoms with Crippen LogP contribution in [0.3, 0.4) is 0 Å². The van der Waals surface area contributed by atoms with Gasteiger partial charge >= 0.3 is 5.97 Å². The summed E-state index contributed by atoms with van der Waals surface area (Å²) in [5.74, 6) is -0.968. The van der Waals surface area contributed by atoms with Crippen molar-refractivity contribution in [2.24, 2.45) is 5.73 Å². The van der Waals surface area contributed by atoms with E-state index >= 15 is 0 Å². The van der Waals surface area contributed by atoms with Gasteiger partial charge in [0.05, 0.1) is 6.54 Å². The van der Waals surface area contributed by atoms with E-state index in [0.29, 0.717) is 0 Å². The quantitative estimate of drug-likeness (QED) is 0.427. The van der Waals surface area contributed by atoms with E-state index in [0.717, 1.165) is 0 Å². The molecule has 0 aliphatic heterocycles. The third-order valence-corrected chi connectivity index (χ3v) is 0.175. The predicted molar refractivity (Wildman–Crippen MR) is 33.9 cm³/mol. The maximum Gasteiger partial charge on any atom is 0.317 e. The molecule has 0 aromatic heterocycles. The molecule has 0 aliphatic rings. The molecule has 0 saturated heterocycles. The van der Waals surface area contributed by atoms with Gasteiger partial charge in [0.2, 0.25) is 0 Å². The molecule has 3 N–H and O–H groups in total. The average Bonchev–Trinajstić information content (AvgIpc) is 1.38. The number of carbonyl (C=O) groups is 1. The Labute approximate surface area is 58.4 Å². The molecule has 0 rings (SSSR count). The Morgan fingerprint density at radius 2 is 1.86 bits per heavy atom. The van der Waals surface area contributed by atoms with E-state index in [9.17, 15) is 4.79 Å². The summed E-state index contributed by atoms with van der Waals surface area (Å²) in [5, 5.41) is 7.60. The van der Waals surface area contributed by atoms with Crippen molar-refractivity contribution in [3.63, 3.8) is 0 Å². The second-order valence-electron chi connectivity index (χ2n) is 0.598. The summed E-state index contributed by atoms with van der Waals surface area (Å²) in [6.45, 7) is -0.278. The van der Waals surface area contributed by atoms with Gasteiger partial charge in [0, 0.05) is 0 Å². The van der Waals surface area contributed by atoms with E-state index < -0.39 is 5.97 Å². The van der Waals surface area contributed by atoms with Gasteiger partial charge in [-0.05, 0) is 0 Å². The first-order chi connectivity index (χ1) is 2.27. The molecule has 0 saturated carbocycles. The molecule has 5 heteroatoms. The number of rotatable bonds is 1. The van der Waals surface area contributed by atoms with E-state index in [1.54, 1.807) is 0 Å². The molecule has 0 unspecified atom stereocenters. The Kier molecular flexibility index (Phi) is 21.4. The predicted octanol–water partition coefficient (Wildman–Crippen LogP) is -1.73. The molecule has 44 valence electrons. The molecule has 0 bridgehead atoms. The van der Waals surface area contributed by atoms with Crippen LogP contribution in [0.2, 0.25) is 0 Å². The van der Waals surface area contributed by atoms with Gasteiger partial charge in [-0.15, -0.1) is 12.4 Å². The summed E-state index contributed by atoms with van der Waals surface area (Å²) in [6.07, 6.45) is 0. The fraction of sp³-hybridized carbons (Fsp3) is 0.500. The van der Waals surface area contributed by atoms with Crippen molar-refractivity contribution in [1.82, 2.24) is 0 Å². The van der Waals surface area contributed by atoms with Gasteiger partial charge in [0.25, 0.3) is 0 Å². The number of halogens is 1. The molecule has 0 aliphatic carbocycles. The maximum absolute atomic E-state index is 9.24. The van der Waals surface area contributed by atoms with Gasteiger partial charge in [0.1, 0.15) is 0 Å². The van der Waals surface area contributed by atoms with E-state index in [4.69, 9.17) is 5.11 Å². The number of carboxylic acid groups (broad SMARTS) is 1. The van der Waals surface area contributed by atoms with E-state index in [-0.39, 0.29) is 36.3 Å². The Bertz CT molecular complexity index is 51.0. The van der Waals surface area contributed by atoms with Crippen LogP contribution in [0.4, 0.5) is 0 Å². The Hall–Kier alpha value is 0.252. The van der Waals surface area contributed by atoms with Crippen LogP contribution in [0, 0.1) is 0 Å². The molecular formula is C2H9AlClNO2.